The van der Waals surface area contributed by atoms with Crippen molar-refractivity contribution in [3.05, 3.63) is 54.4 Å². The Balaban J connectivity index is 2.25. The van der Waals surface area contributed by atoms with Crippen LogP contribution < -0.4 is 15.4 Å². The molecule has 4 heteroatoms. The van der Waals surface area contributed by atoms with Crippen molar-refractivity contribution in [1.29, 1.82) is 0 Å². The first-order valence-corrected chi connectivity index (χ1v) is 7.21. The predicted octanol–water partition coefficient (Wildman–Crippen LogP) is 3.01. The van der Waals surface area contributed by atoms with Gasteiger partial charge in [0.1, 0.15) is 11.9 Å². The minimum Gasteiger partial charge on any atom is -0.484 e. The van der Waals surface area contributed by atoms with Crippen molar-refractivity contribution >= 4 is 5.69 Å². The average Bonchev–Trinajstić information content (AvgIpc) is 2.53. The number of hydrogen-bond donors (Lipinski definition) is 1. The Morgan fingerprint density at radius 1 is 1.24 bits per heavy atom. The summed E-state index contributed by atoms with van der Waals surface area (Å²) in [5.41, 5.74) is 8.33. The highest BCUT2D eigenvalue weighted by Gasteiger charge is 2.20. The highest BCUT2D eigenvalue weighted by molar-refractivity contribution is 5.49. The molecule has 0 aliphatic rings. The van der Waals surface area contributed by atoms with E-state index in [1.807, 2.05) is 61.6 Å². The molecule has 21 heavy (non-hydrogen) atoms. The van der Waals surface area contributed by atoms with Crippen molar-refractivity contribution in [3.8, 4) is 5.75 Å². The summed E-state index contributed by atoms with van der Waals surface area (Å²) in [5, 5.41) is 0. The first-order chi connectivity index (χ1) is 10.1. The first-order valence-electron chi connectivity index (χ1n) is 7.21. The van der Waals surface area contributed by atoms with Gasteiger partial charge in [0.15, 0.2) is 0 Å². The molecule has 0 radical (unpaired) electrons. The third-order valence-electron chi connectivity index (χ3n) is 3.47. The Labute approximate surface area is 126 Å². The van der Waals surface area contributed by atoms with Crippen molar-refractivity contribution in [2.24, 2.45) is 5.73 Å². The van der Waals surface area contributed by atoms with Crippen molar-refractivity contribution in [1.82, 2.24) is 4.98 Å². The lowest BCUT2D eigenvalue weighted by Crippen LogP contribution is -2.31. The summed E-state index contributed by atoms with van der Waals surface area (Å²) in [6, 6.07) is 11.9. The van der Waals surface area contributed by atoms with Gasteiger partial charge in [0.25, 0.3) is 0 Å². The Morgan fingerprint density at radius 2 is 2.05 bits per heavy atom. The van der Waals surface area contributed by atoms with Crippen molar-refractivity contribution < 1.29 is 4.74 Å². The van der Waals surface area contributed by atoms with E-state index in [-0.39, 0.29) is 12.1 Å². The molecule has 1 aromatic carbocycles. The summed E-state index contributed by atoms with van der Waals surface area (Å²) in [6.45, 7) is 2.06. The Hall–Kier alpha value is -2.07. The average molecular weight is 285 g/mol. The molecule has 2 rings (SSSR count). The number of nitrogens with zero attached hydrogens (tertiary/aromatic N) is 2. The van der Waals surface area contributed by atoms with Crippen LogP contribution in [-0.4, -0.2) is 25.1 Å². The molecule has 1 heterocycles. The summed E-state index contributed by atoms with van der Waals surface area (Å²) in [7, 11) is 4.02. The molecule has 0 saturated heterocycles. The van der Waals surface area contributed by atoms with Crippen LogP contribution in [0, 0.1) is 0 Å². The molecule has 2 aromatic rings. The molecule has 0 amide bonds. The number of benzene rings is 1. The monoisotopic (exact) mass is 285 g/mol. The lowest BCUT2D eigenvalue weighted by Gasteiger charge is -2.25. The predicted molar refractivity (Wildman–Crippen MR) is 86.6 cm³/mol. The molecule has 112 valence electrons. The fourth-order valence-corrected chi connectivity index (χ4v) is 2.14. The zero-order valence-electron chi connectivity index (χ0n) is 12.9. The van der Waals surface area contributed by atoms with Gasteiger partial charge in [-0.1, -0.05) is 19.1 Å². The van der Waals surface area contributed by atoms with Crippen LogP contribution >= 0.6 is 0 Å². The molecular formula is C17H23N3O. The zero-order chi connectivity index (χ0) is 15.2. The Kier molecular flexibility index (Phi) is 5.17. The molecule has 0 aliphatic heterocycles. The number of aromatic nitrogens is 1. The second kappa shape index (κ2) is 7.09. The fraction of sp³-hybridized carbons (Fsp3) is 0.353. The highest BCUT2D eigenvalue weighted by Crippen LogP contribution is 2.27. The normalized spacial score (nSPS) is 13.5. The molecule has 0 spiro atoms. The molecule has 0 fully saturated rings. The minimum atomic E-state index is -0.193. The molecule has 2 N–H and O–H groups in total. The summed E-state index contributed by atoms with van der Waals surface area (Å²) in [6.07, 6.45) is 4.22. The molecule has 2 unspecified atom stereocenters. The van der Waals surface area contributed by atoms with Gasteiger partial charge in [-0.3, -0.25) is 4.98 Å². The zero-order valence-corrected chi connectivity index (χ0v) is 12.9. The van der Waals surface area contributed by atoms with Crippen LogP contribution in [0.4, 0.5) is 5.69 Å². The Bertz CT molecular complexity index is 557. The number of pyridine rings is 1. The maximum absolute atomic E-state index is 6.23. The number of nitrogens with two attached hydrogens (primary N) is 1. The van der Waals surface area contributed by atoms with Crippen LogP contribution in [0.1, 0.15) is 25.0 Å². The van der Waals surface area contributed by atoms with E-state index in [1.54, 1.807) is 6.20 Å². The first kappa shape index (κ1) is 15.3. The topological polar surface area (TPSA) is 51.4 Å². The number of anilines is 1. The van der Waals surface area contributed by atoms with E-state index in [1.165, 1.54) is 0 Å². The quantitative estimate of drug-likeness (QED) is 0.886. The van der Waals surface area contributed by atoms with E-state index in [2.05, 4.69) is 11.9 Å². The lowest BCUT2D eigenvalue weighted by molar-refractivity contribution is 0.170. The van der Waals surface area contributed by atoms with Crippen molar-refractivity contribution in [3.63, 3.8) is 0 Å². The van der Waals surface area contributed by atoms with E-state index >= 15 is 0 Å². The third-order valence-corrected chi connectivity index (χ3v) is 3.47. The SMILES string of the molecule is CCC(N)C(Oc1cccc(N(C)C)c1)c1cccnc1. The summed E-state index contributed by atoms with van der Waals surface area (Å²) < 4.78 is 6.15. The summed E-state index contributed by atoms with van der Waals surface area (Å²) >= 11 is 0. The second-order valence-corrected chi connectivity index (χ2v) is 5.29. The van der Waals surface area contributed by atoms with Crippen molar-refractivity contribution in [2.45, 2.75) is 25.5 Å². The second-order valence-electron chi connectivity index (χ2n) is 5.29. The van der Waals surface area contributed by atoms with Gasteiger partial charge in [-0.15, -0.1) is 0 Å². The maximum Gasteiger partial charge on any atom is 0.140 e. The number of rotatable bonds is 6. The maximum atomic E-state index is 6.23. The van der Waals surface area contributed by atoms with Gasteiger partial charge >= 0.3 is 0 Å². The van der Waals surface area contributed by atoms with Crippen LogP contribution in [0.25, 0.3) is 0 Å². The van der Waals surface area contributed by atoms with Gasteiger partial charge in [-0.2, -0.15) is 0 Å². The molecule has 1 aromatic heterocycles. The highest BCUT2D eigenvalue weighted by atomic mass is 16.5. The Morgan fingerprint density at radius 3 is 2.67 bits per heavy atom. The molecule has 4 nitrogen and oxygen atoms in total. The largest absolute Gasteiger partial charge is 0.484 e. The third kappa shape index (κ3) is 3.95. The van der Waals surface area contributed by atoms with E-state index in [0.29, 0.717) is 0 Å². The van der Waals surface area contributed by atoms with Gasteiger partial charge in [-0.25, -0.2) is 0 Å². The van der Waals surface area contributed by atoms with Crippen LogP contribution in [0.2, 0.25) is 0 Å². The van der Waals surface area contributed by atoms with Gasteiger partial charge in [0, 0.05) is 49.8 Å². The van der Waals surface area contributed by atoms with E-state index in [4.69, 9.17) is 10.5 Å². The molecule has 0 bridgehead atoms. The van der Waals surface area contributed by atoms with Gasteiger partial charge in [0.05, 0.1) is 0 Å². The van der Waals surface area contributed by atoms with Gasteiger partial charge in [-0.05, 0) is 24.6 Å². The molecular weight excluding hydrogens is 262 g/mol. The molecule has 2 atom stereocenters. The summed E-state index contributed by atoms with van der Waals surface area (Å²) in [4.78, 5) is 6.21. The van der Waals surface area contributed by atoms with Crippen LogP contribution in [0.3, 0.4) is 0 Å². The smallest absolute Gasteiger partial charge is 0.140 e. The summed E-state index contributed by atoms with van der Waals surface area (Å²) in [5.74, 6) is 0.818. The van der Waals surface area contributed by atoms with Crippen molar-refractivity contribution in [2.75, 3.05) is 19.0 Å². The van der Waals surface area contributed by atoms with E-state index in [9.17, 15) is 0 Å². The standard InChI is InChI=1S/C17H23N3O/c1-4-16(18)17(13-7-6-10-19-12-13)21-15-9-5-8-14(11-15)20(2)3/h5-12,16-17H,4,18H2,1-3H3. The number of ether oxygens (including phenoxy) is 1. The van der Waals surface area contributed by atoms with Gasteiger partial charge < -0.3 is 15.4 Å². The van der Waals surface area contributed by atoms with E-state index in [0.717, 1.165) is 23.4 Å². The number of hydrogen-bond acceptors (Lipinski definition) is 4. The van der Waals surface area contributed by atoms with Gasteiger partial charge in [0.2, 0.25) is 0 Å². The lowest BCUT2D eigenvalue weighted by atomic mass is 10.0. The van der Waals surface area contributed by atoms with Crippen LogP contribution in [0.15, 0.2) is 48.8 Å². The molecule has 0 aliphatic carbocycles. The van der Waals surface area contributed by atoms with Crippen LogP contribution in [0.5, 0.6) is 5.75 Å². The van der Waals surface area contributed by atoms with Crippen LogP contribution in [-0.2, 0) is 0 Å². The molecule has 0 saturated carbocycles. The van der Waals surface area contributed by atoms with E-state index < -0.39 is 0 Å². The minimum absolute atomic E-state index is 0.0720. The fourth-order valence-electron chi connectivity index (χ4n) is 2.14.